The monoisotopic (exact) mass is 374 g/mol. The van der Waals surface area contributed by atoms with Gasteiger partial charge in [0.1, 0.15) is 12.4 Å². The maximum atomic E-state index is 13.7. The van der Waals surface area contributed by atoms with E-state index in [1.54, 1.807) is 41.2 Å². The molecule has 0 aliphatic heterocycles. The molecule has 0 saturated heterocycles. The third-order valence-corrected chi connectivity index (χ3v) is 4.26. The highest BCUT2D eigenvalue weighted by Crippen LogP contribution is 2.34. The summed E-state index contributed by atoms with van der Waals surface area (Å²) in [5.74, 6) is 0.545. The molecule has 2 aromatic heterocycles. The minimum atomic E-state index is -2.66. The lowest BCUT2D eigenvalue weighted by atomic mass is 9.93. The highest BCUT2D eigenvalue weighted by Gasteiger charge is 2.23. The molecule has 0 unspecified atom stereocenters. The fraction of sp³-hybridized carbons (Fsp3) is 0.400. The fourth-order valence-electron chi connectivity index (χ4n) is 3.30. The van der Waals surface area contributed by atoms with Crippen LogP contribution in [0.4, 0.5) is 8.78 Å². The van der Waals surface area contributed by atoms with Crippen LogP contribution in [0.25, 0.3) is 16.9 Å². The number of halogens is 2. The summed E-state index contributed by atoms with van der Waals surface area (Å²) in [7, 11) is 0. The molecule has 0 radical (unpaired) electrons. The van der Waals surface area contributed by atoms with Crippen LogP contribution in [0.2, 0.25) is 0 Å². The molecule has 2 heterocycles. The van der Waals surface area contributed by atoms with E-state index in [-0.39, 0.29) is 17.9 Å². The molecule has 0 amide bonds. The Hall–Kier alpha value is -2.54. The average molecular weight is 374 g/mol. The van der Waals surface area contributed by atoms with Gasteiger partial charge in [-0.05, 0) is 43.5 Å². The predicted octanol–water partition coefficient (Wildman–Crippen LogP) is 4.48. The molecule has 0 spiro atoms. The zero-order chi connectivity index (χ0) is 19.6. The predicted molar refractivity (Wildman–Crippen MR) is 101 cm³/mol. The Morgan fingerprint density at radius 3 is 2.67 bits per heavy atom. The Balaban J connectivity index is 1.91. The third kappa shape index (κ3) is 4.42. The lowest BCUT2D eigenvalue weighted by molar-refractivity contribution is 0.140. The van der Waals surface area contributed by atoms with E-state index < -0.39 is 12.0 Å². The molecular weight excluding hydrogens is 350 g/mol. The smallest absolute Gasteiger partial charge is 0.267 e. The van der Waals surface area contributed by atoms with Gasteiger partial charge in [0.2, 0.25) is 0 Å². The molecule has 144 valence electrons. The van der Waals surface area contributed by atoms with Crippen molar-refractivity contribution in [3.05, 3.63) is 48.3 Å². The number of nitrogens with two attached hydrogens (primary N) is 1. The molecule has 27 heavy (non-hydrogen) atoms. The number of nitrogens with zero attached hydrogens (tertiary/aromatic N) is 3. The van der Waals surface area contributed by atoms with E-state index in [1.807, 2.05) is 6.92 Å². The number of ether oxygens (including phenoxy) is 1. The van der Waals surface area contributed by atoms with Crippen molar-refractivity contribution in [1.82, 2.24) is 14.6 Å². The zero-order valence-electron chi connectivity index (χ0n) is 15.7. The van der Waals surface area contributed by atoms with Crippen LogP contribution in [-0.2, 0) is 0 Å². The number of benzene rings is 1. The van der Waals surface area contributed by atoms with E-state index in [4.69, 9.17) is 10.5 Å². The van der Waals surface area contributed by atoms with Gasteiger partial charge in [-0.15, -0.1) is 0 Å². The number of alkyl halides is 2. The first-order valence-electron chi connectivity index (χ1n) is 8.90. The van der Waals surface area contributed by atoms with Gasteiger partial charge in [0.25, 0.3) is 6.43 Å². The maximum Gasteiger partial charge on any atom is 0.267 e. The standard InChI is InChI=1S/C20H24F2N4O/c1-13(2)11-20(3,23)12-27-17-5-4-14(10-15(17)19(21)22)16-6-8-24-18-7-9-25-26(16)18/h4-10,13,19H,11-12,23H2,1-3H3/t20-/m0/s1. The van der Waals surface area contributed by atoms with Crippen molar-refractivity contribution in [1.29, 1.82) is 0 Å². The second kappa shape index (κ2) is 7.60. The van der Waals surface area contributed by atoms with Crippen LogP contribution in [0.1, 0.15) is 39.2 Å². The first-order chi connectivity index (χ1) is 12.8. The van der Waals surface area contributed by atoms with Crippen molar-refractivity contribution < 1.29 is 13.5 Å². The largest absolute Gasteiger partial charge is 0.491 e. The minimum Gasteiger partial charge on any atom is -0.491 e. The highest BCUT2D eigenvalue weighted by molar-refractivity contribution is 5.64. The number of fused-ring (bicyclic) bond motifs is 1. The van der Waals surface area contributed by atoms with Crippen LogP contribution in [-0.4, -0.2) is 26.7 Å². The van der Waals surface area contributed by atoms with E-state index >= 15 is 0 Å². The Bertz CT molecular complexity index is 921. The fourth-order valence-corrected chi connectivity index (χ4v) is 3.30. The van der Waals surface area contributed by atoms with Gasteiger partial charge < -0.3 is 10.5 Å². The molecule has 0 aliphatic rings. The van der Waals surface area contributed by atoms with Crippen molar-refractivity contribution in [2.75, 3.05) is 6.61 Å². The van der Waals surface area contributed by atoms with Gasteiger partial charge in [0.15, 0.2) is 5.65 Å². The number of aromatic nitrogens is 3. The molecule has 0 aliphatic carbocycles. The molecule has 3 aromatic rings. The molecule has 7 heteroatoms. The van der Waals surface area contributed by atoms with E-state index in [2.05, 4.69) is 23.9 Å². The summed E-state index contributed by atoms with van der Waals surface area (Å²) in [5, 5.41) is 4.21. The van der Waals surface area contributed by atoms with Gasteiger partial charge in [-0.1, -0.05) is 13.8 Å². The molecular formula is C20H24F2N4O. The SMILES string of the molecule is CC(C)C[C@](C)(N)COc1ccc(-c2ccnc3ccnn23)cc1C(F)F. The first kappa shape index (κ1) is 19.2. The maximum absolute atomic E-state index is 13.7. The molecule has 3 rings (SSSR count). The first-order valence-corrected chi connectivity index (χ1v) is 8.90. The summed E-state index contributed by atoms with van der Waals surface area (Å²) in [6, 6.07) is 8.25. The van der Waals surface area contributed by atoms with Crippen molar-refractivity contribution in [2.24, 2.45) is 11.7 Å². The van der Waals surface area contributed by atoms with Gasteiger partial charge in [-0.25, -0.2) is 18.3 Å². The van der Waals surface area contributed by atoms with Crippen molar-refractivity contribution in [2.45, 2.75) is 39.2 Å². The molecule has 2 N–H and O–H groups in total. The Kier molecular flexibility index (Phi) is 5.41. The van der Waals surface area contributed by atoms with Crippen molar-refractivity contribution >= 4 is 5.65 Å². The molecule has 1 atom stereocenters. The van der Waals surface area contributed by atoms with Crippen LogP contribution in [0.15, 0.2) is 42.7 Å². The normalized spacial score (nSPS) is 14.1. The van der Waals surface area contributed by atoms with E-state index in [0.717, 1.165) is 6.42 Å². The third-order valence-electron chi connectivity index (χ3n) is 4.26. The quantitative estimate of drug-likeness (QED) is 0.662. The number of rotatable bonds is 7. The summed E-state index contributed by atoms with van der Waals surface area (Å²) in [5.41, 5.74) is 7.44. The summed E-state index contributed by atoms with van der Waals surface area (Å²) in [4.78, 5) is 4.20. The Morgan fingerprint density at radius 1 is 1.19 bits per heavy atom. The summed E-state index contributed by atoms with van der Waals surface area (Å²) in [6.45, 7) is 6.17. The second-order valence-electron chi connectivity index (χ2n) is 7.53. The zero-order valence-corrected chi connectivity index (χ0v) is 15.7. The topological polar surface area (TPSA) is 65.4 Å². The number of hydrogen-bond donors (Lipinski definition) is 1. The average Bonchev–Trinajstić information content (AvgIpc) is 3.07. The highest BCUT2D eigenvalue weighted by atomic mass is 19.3. The second-order valence-corrected chi connectivity index (χ2v) is 7.53. The Morgan fingerprint density at radius 2 is 1.96 bits per heavy atom. The Labute approximate surface area is 157 Å². The molecule has 0 saturated carbocycles. The van der Waals surface area contributed by atoms with Crippen LogP contribution >= 0.6 is 0 Å². The molecule has 0 bridgehead atoms. The summed E-state index contributed by atoms with van der Waals surface area (Å²) in [6.07, 6.45) is 1.33. The van der Waals surface area contributed by atoms with Gasteiger partial charge in [-0.3, -0.25) is 0 Å². The van der Waals surface area contributed by atoms with Gasteiger partial charge in [-0.2, -0.15) is 5.10 Å². The van der Waals surface area contributed by atoms with E-state index in [0.29, 0.717) is 22.8 Å². The van der Waals surface area contributed by atoms with Gasteiger partial charge in [0, 0.05) is 23.4 Å². The lowest BCUT2D eigenvalue weighted by Gasteiger charge is -2.27. The molecule has 0 fully saturated rings. The van der Waals surface area contributed by atoms with Gasteiger partial charge >= 0.3 is 0 Å². The van der Waals surface area contributed by atoms with E-state index in [1.165, 1.54) is 6.07 Å². The molecule has 5 nitrogen and oxygen atoms in total. The molecule has 1 aromatic carbocycles. The lowest BCUT2D eigenvalue weighted by Crippen LogP contribution is -2.43. The van der Waals surface area contributed by atoms with Crippen LogP contribution < -0.4 is 10.5 Å². The van der Waals surface area contributed by atoms with Crippen LogP contribution in [0, 0.1) is 5.92 Å². The summed E-state index contributed by atoms with van der Waals surface area (Å²) < 4.78 is 34.6. The van der Waals surface area contributed by atoms with E-state index in [9.17, 15) is 8.78 Å². The van der Waals surface area contributed by atoms with Crippen LogP contribution in [0.3, 0.4) is 0 Å². The number of hydrogen-bond acceptors (Lipinski definition) is 4. The van der Waals surface area contributed by atoms with Crippen molar-refractivity contribution in [3.63, 3.8) is 0 Å². The van der Waals surface area contributed by atoms with Gasteiger partial charge in [0.05, 0.1) is 17.5 Å². The van der Waals surface area contributed by atoms with Crippen molar-refractivity contribution in [3.8, 4) is 17.0 Å². The summed E-state index contributed by atoms with van der Waals surface area (Å²) >= 11 is 0. The minimum absolute atomic E-state index is 0.153. The van der Waals surface area contributed by atoms with Crippen LogP contribution in [0.5, 0.6) is 5.75 Å².